The van der Waals surface area contributed by atoms with Crippen LogP contribution in [0.2, 0.25) is 0 Å². The Morgan fingerprint density at radius 3 is 2.53 bits per heavy atom. The SMILES string of the molecule is CCOc1ccc2[nH]c(=O)c([C@H](c3nnnn3C(C)(C)C)N3CCN(c4ccccc4OC)CC3)cc2c1. The molecule has 10 nitrogen and oxygen atoms in total. The monoisotopic (exact) mass is 517 g/mol. The molecule has 1 saturated heterocycles. The van der Waals surface area contributed by atoms with Crippen LogP contribution in [-0.2, 0) is 5.54 Å². The number of aromatic nitrogens is 5. The fourth-order valence-corrected chi connectivity index (χ4v) is 5.11. The molecule has 1 N–H and O–H groups in total. The highest BCUT2D eigenvalue weighted by Crippen LogP contribution is 2.33. The third-order valence-electron chi connectivity index (χ3n) is 6.93. The highest BCUT2D eigenvalue weighted by molar-refractivity contribution is 5.80. The lowest BCUT2D eigenvalue weighted by molar-refractivity contribution is 0.190. The number of tetrazole rings is 1. The highest BCUT2D eigenvalue weighted by atomic mass is 16.5. The summed E-state index contributed by atoms with van der Waals surface area (Å²) in [6.07, 6.45) is 0. The van der Waals surface area contributed by atoms with E-state index >= 15 is 0 Å². The van der Waals surface area contributed by atoms with Gasteiger partial charge in [-0.05, 0) is 74.5 Å². The molecule has 0 aliphatic carbocycles. The molecule has 1 aliphatic rings. The summed E-state index contributed by atoms with van der Waals surface area (Å²) in [5, 5.41) is 13.7. The van der Waals surface area contributed by atoms with Gasteiger partial charge in [0.05, 0.1) is 24.9 Å². The number of nitrogens with zero attached hydrogens (tertiary/aromatic N) is 6. The van der Waals surface area contributed by atoms with Crippen molar-refractivity contribution in [3.63, 3.8) is 0 Å². The number of fused-ring (bicyclic) bond motifs is 1. The van der Waals surface area contributed by atoms with Crippen LogP contribution in [0.1, 0.15) is 45.1 Å². The van der Waals surface area contributed by atoms with E-state index in [0.29, 0.717) is 18.0 Å². The molecule has 38 heavy (non-hydrogen) atoms. The molecule has 1 atom stereocenters. The first-order valence-electron chi connectivity index (χ1n) is 13.0. The summed E-state index contributed by atoms with van der Waals surface area (Å²) in [5.41, 5.74) is 1.93. The van der Waals surface area contributed by atoms with Crippen molar-refractivity contribution >= 4 is 16.6 Å². The summed E-state index contributed by atoms with van der Waals surface area (Å²) in [7, 11) is 1.69. The number of hydrogen-bond acceptors (Lipinski definition) is 8. The number of benzene rings is 2. The van der Waals surface area contributed by atoms with Crippen molar-refractivity contribution in [3.8, 4) is 11.5 Å². The number of anilines is 1. The molecular weight excluding hydrogens is 482 g/mol. The van der Waals surface area contributed by atoms with E-state index in [1.807, 2.05) is 54.1 Å². The Bertz CT molecular complexity index is 1470. The molecular formula is C28H35N7O3. The number of para-hydroxylation sites is 2. The molecule has 5 rings (SSSR count). The van der Waals surface area contributed by atoms with Gasteiger partial charge in [0, 0.05) is 42.6 Å². The summed E-state index contributed by atoms with van der Waals surface area (Å²) in [6.45, 7) is 11.7. The lowest BCUT2D eigenvalue weighted by atomic mass is 10.0. The Kier molecular flexibility index (Phi) is 7.07. The molecule has 0 unspecified atom stereocenters. The number of ether oxygens (including phenoxy) is 2. The summed E-state index contributed by atoms with van der Waals surface area (Å²) in [4.78, 5) is 21.2. The van der Waals surface area contributed by atoms with Gasteiger partial charge in [-0.3, -0.25) is 9.69 Å². The van der Waals surface area contributed by atoms with Crippen LogP contribution in [-0.4, -0.2) is 70.0 Å². The van der Waals surface area contributed by atoms with Crippen LogP contribution in [0, 0.1) is 0 Å². The number of hydrogen-bond donors (Lipinski definition) is 1. The second-order valence-corrected chi connectivity index (χ2v) is 10.5. The van der Waals surface area contributed by atoms with Crippen LogP contribution >= 0.6 is 0 Å². The summed E-state index contributed by atoms with van der Waals surface area (Å²) < 4.78 is 13.1. The average molecular weight is 518 g/mol. The van der Waals surface area contributed by atoms with Gasteiger partial charge >= 0.3 is 0 Å². The number of piperazine rings is 1. The summed E-state index contributed by atoms with van der Waals surface area (Å²) in [5.74, 6) is 2.26. The molecule has 0 saturated carbocycles. The predicted molar refractivity (Wildman–Crippen MR) is 147 cm³/mol. The molecule has 0 spiro atoms. The quantitative estimate of drug-likeness (QED) is 0.397. The van der Waals surface area contributed by atoms with Crippen LogP contribution in [0.4, 0.5) is 5.69 Å². The first-order valence-corrected chi connectivity index (χ1v) is 13.0. The number of nitrogens with one attached hydrogen (secondary N) is 1. The first-order chi connectivity index (χ1) is 18.3. The van der Waals surface area contributed by atoms with E-state index in [-0.39, 0.29) is 11.1 Å². The van der Waals surface area contributed by atoms with E-state index in [2.05, 4.69) is 57.1 Å². The zero-order chi connectivity index (χ0) is 26.9. The van der Waals surface area contributed by atoms with E-state index in [1.165, 1.54) is 0 Å². The standard InChI is InChI=1S/C28H35N7O3/c1-6-38-20-11-12-22-19(17-20)18-21(27(36)29-22)25(26-30-31-32-35(26)28(2,3)4)34-15-13-33(14-16-34)23-9-7-8-10-24(23)37-5/h7-12,17-18,25H,6,13-16H2,1-5H3,(H,29,36)/t25-/m1/s1. The van der Waals surface area contributed by atoms with Crippen LogP contribution in [0.15, 0.2) is 53.3 Å². The summed E-state index contributed by atoms with van der Waals surface area (Å²) in [6, 6.07) is 15.3. The van der Waals surface area contributed by atoms with Crippen molar-refractivity contribution < 1.29 is 9.47 Å². The Balaban J connectivity index is 1.56. The highest BCUT2D eigenvalue weighted by Gasteiger charge is 2.35. The lowest BCUT2D eigenvalue weighted by Gasteiger charge is -2.40. The van der Waals surface area contributed by atoms with Gasteiger partial charge in [-0.25, -0.2) is 4.68 Å². The van der Waals surface area contributed by atoms with Crippen molar-refractivity contribution in [2.75, 3.05) is 44.8 Å². The van der Waals surface area contributed by atoms with E-state index in [1.54, 1.807) is 7.11 Å². The Hall–Kier alpha value is -3.92. The molecule has 10 heteroatoms. The van der Waals surface area contributed by atoms with Gasteiger partial charge in [-0.1, -0.05) is 12.1 Å². The number of H-pyrrole nitrogens is 1. The lowest BCUT2D eigenvalue weighted by Crippen LogP contribution is -2.49. The Morgan fingerprint density at radius 1 is 1.05 bits per heavy atom. The molecule has 0 radical (unpaired) electrons. The van der Waals surface area contributed by atoms with Gasteiger partial charge in [0.15, 0.2) is 5.82 Å². The van der Waals surface area contributed by atoms with Gasteiger partial charge < -0.3 is 19.4 Å². The maximum Gasteiger partial charge on any atom is 0.253 e. The maximum absolute atomic E-state index is 13.5. The van der Waals surface area contributed by atoms with Crippen molar-refractivity contribution in [2.45, 2.75) is 39.3 Å². The molecule has 0 amide bonds. The van der Waals surface area contributed by atoms with E-state index in [4.69, 9.17) is 9.47 Å². The molecule has 4 aromatic rings. The topological polar surface area (TPSA) is 101 Å². The molecule has 3 heterocycles. The third kappa shape index (κ3) is 4.96. The molecule has 2 aromatic carbocycles. The van der Waals surface area contributed by atoms with E-state index < -0.39 is 6.04 Å². The Labute approximate surface area is 222 Å². The average Bonchev–Trinajstić information content (AvgIpc) is 3.40. The van der Waals surface area contributed by atoms with Gasteiger partial charge in [-0.15, -0.1) is 5.10 Å². The zero-order valence-corrected chi connectivity index (χ0v) is 22.6. The molecule has 200 valence electrons. The van der Waals surface area contributed by atoms with E-state index in [0.717, 1.165) is 54.3 Å². The second-order valence-electron chi connectivity index (χ2n) is 10.5. The molecule has 0 bridgehead atoms. The van der Waals surface area contributed by atoms with Crippen LogP contribution < -0.4 is 19.9 Å². The first kappa shape index (κ1) is 25.7. The minimum atomic E-state index is -0.423. The second kappa shape index (κ2) is 10.4. The normalized spacial score (nSPS) is 15.6. The number of rotatable bonds is 7. The summed E-state index contributed by atoms with van der Waals surface area (Å²) >= 11 is 0. The zero-order valence-electron chi connectivity index (χ0n) is 22.6. The number of pyridine rings is 1. The van der Waals surface area contributed by atoms with Crippen molar-refractivity contribution in [1.82, 2.24) is 30.1 Å². The van der Waals surface area contributed by atoms with Crippen molar-refractivity contribution in [3.05, 3.63) is 70.3 Å². The van der Waals surface area contributed by atoms with Gasteiger partial charge in [0.2, 0.25) is 0 Å². The molecule has 2 aromatic heterocycles. The number of methoxy groups -OCH3 is 1. The predicted octanol–water partition coefficient (Wildman–Crippen LogP) is 3.59. The number of aromatic amines is 1. The minimum Gasteiger partial charge on any atom is -0.495 e. The minimum absolute atomic E-state index is 0.151. The van der Waals surface area contributed by atoms with E-state index in [9.17, 15) is 4.79 Å². The smallest absolute Gasteiger partial charge is 0.253 e. The third-order valence-corrected chi connectivity index (χ3v) is 6.93. The molecule has 1 aliphatic heterocycles. The molecule has 1 fully saturated rings. The van der Waals surface area contributed by atoms with Gasteiger partial charge in [0.1, 0.15) is 17.5 Å². The van der Waals surface area contributed by atoms with Crippen LogP contribution in [0.3, 0.4) is 0 Å². The van der Waals surface area contributed by atoms with Gasteiger partial charge in [0.25, 0.3) is 5.56 Å². The fourth-order valence-electron chi connectivity index (χ4n) is 5.11. The Morgan fingerprint density at radius 2 is 1.82 bits per heavy atom. The van der Waals surface area contributed by atoms with Crippen LogP contribution in [0.5, 0.6) is 11.5 Å². The van der Waals surface area contributed by atoms with Crippen molar-refractivity contribution in [1.29, 1.82) is 0 Å². The van der Waals surface area contributed by atoms with Crippen molar-refractivity contribution in [2.24, 2.45) is 0 Å². The maximum atomic E-state index is 13.5. The largest absolute Gasteiger partial charge is 0.495 e. The fraction of sp³-hybridized carbons (Fsp3) is 0.429. The van der Waals surface area contributed by atoms with Crippen LogP contribution in [0.25, 0.3) is 10.9 Å². The van der Waals surface area contributed by atoms with Gasteiger partial charge in [-0.2, -0.15) is 0 Å².